The van der Waals surface area contributed by atoms with Crippen LogP contribution in [0.3, 0.4) is 0 Å². The monoisotopic (exact) mass is 200 g/mol. The zero-order chi connectivity index (χ0) is 8.43. The van der Waals surface area contributed by atoms with E-state index in [1.165, 1.54) is 11.8 Å². The number of alkyl halides is 3. The first kappa shape index (κ1) is 9.26. The van der Waals surface area contributed by atoms with Crippen molar-refractivity contribution in [3.05, 3.63) is 0 Å². The highest BCUT2D eigenvalue weighted by atomic mass is 35.5. The molecule has 2 unspecified atom stereocenters. The van der Waals surface area contributed by atoms with Gasteiger partial charge < -0.3 is 0 Å². The smallest absolute Gasteiger partial charge is 0.254 e. The van der Waals surface area contributed by atoms with Crippen LogP contribution in [0.4, 0.5) is 8.78 Å². The van der Waals surface area contributed by atoms with Gasteiger partial charge in [0.15, 0.2) is 5.12 Å². The molecule has 0 radical (unpaired) electrons. The first-order chi connectivity index (χ1) is 5.11. The summed E-state index contributed by atoms with van der Waals surface area (Å²) in [6.07, 6.45) is -2.40. The lowest BCUT2D eigenvalue weighted by atomic mass is 10.1. The molecule has 0 amide bonds. The van der Waals surface area contributed by atoms with E-state index in [0.29, 0.717) is 5.75 Å². The summed E-state index contributed by atoms with van der Waals surface area (Å²) >= 11 is 6.46. The molecule has 64 valence electrons. The van der Waals surface area contributed by atoms with Gasteiger partial charge in [0.25, 0.3) is 6.43 Å². The number of hydrogen-bond acceptors (Lipinski definition) is 2. The Hall–Kier alpha value is 0.170. The fourth-order valence-electron chi connectivity index (χ4n) is 0.808. The molecule has 2 atom stereocenters. The van der Waals surface area contributed by atoms with Crippen molar-refractivity contribution in [1.29, 1.82) is 0 Å². The Morgan fingerprint density at radius 3 is 2.64 bits per heavy atom. The predicted molar refractivity (Wildman–Crippen MR) is 41.2 cm³/mol. The summed E-state index contributed by atoms with van der Waals surface area (Å²) in [5.41, 5.74) is 0. The van der Waals surface area contributed by atoms with Gasteiger partial charge in [-0.05, 0) is 6.42 Å². The predicted octanol–water partition coefficient (Wildman–Crippen LogP) is 2.14. The highest BCUT2D eigenvalue weighted by molar-refractivity contribution is 8.15. The lowest BCUT2D eigenvalue weighted by Gasteiger charge is -2.24. The Bertz CT molecular complexity index is 165. The van der Waals surface area contributed by atoms with Crippen LogP contribution in [0.25, 0.3) is 0 Å². The minimum atomic E-state index is -2.52. The van der Waals surface area contributed by atoms with Crippen LogP contribution in [0.1, 0.15) is 6.42 Å². The third kappa shape index (κ3) is 2.30. The first-order valence-electron chi connectivity index (χ1n) is 3.20. The largest absolute Gasteiger partial charge is 0.287 e. The number of carbonyl (C=O) groups excluding carboxylic acids is 1. The van der Waals surface area contributed by atoms with Crippen LogP contribution in [0, 0.1) is 5.92 Å². The van der Waals surface area contributed by atoms with Gasteiger partial charge in [-0.3, -0.25) is 4.79 Å². The molecule has 1 saturated heterocycles. The van der Waals surface area contributed by atoms with E-state index in [0.717, 1.165) is 0 Å². The van der Waals surface area contributed by atoms with E-state index in [1.807, 2.05) is 0 Å². The second-order valence-corrected chi connectivity index (χ2v) is 4.00. The van der Waals surface area contributed by atoms with Gasteiger partial charge >= 0.3 is 0 Å². The van der Waals surface area contributed by atoms with Crippen LogP contribution in [0.15, 0.2) is 0 Å². The molecule has 1 nitrogen and oxygen atoms in total. The molecule has 1 aliphatic heterocycles. The van der Waals surface area contributed by atoms with E-state index < -0.39 is 11.8 Å². The van der Waals surface area contributed by atoms with Crippen molar-refractivity contribution in [3.8, 4) is 0 Å². The maximum atomic E-state index is 11.8. The zero-order valence-electron chi connectivity index (χ0n) is 5.60. The topological polar surface area (TPSA) is 17.1 Å². The average molecular weight is 201 g/mol. The lowest BCUT2D eigenvalue weighted by molar-refractivity contribution is -0.115. The van der Waals surface area contributed by atoms with Crippen LogP contribution >= 0.6 is 23.4 Å². The molecule has 0 saturated carbocycles. The van der Waals surface area contributed by atoms with E-state index in [4.69, 9.17) is 11.6 Å². The highest BCUT2D eigenvalue weighted by Gasteiger charge is 2.33. The van der Waals surface area contributed by atoms with Crippen LogP contribution in [0.2, 0.25) is 0 Å². The van der Waals surface area contributed by atoms with Gasteiger partial charge in [-0.15, -0.1) is 11.6 Å². The van der Waals surface area contributed by atoms with Crippen molar-refractivity contribution in [1.82, 2.24) is 0 Å². The molecular weight excluding hydrogens is 194 g/mol. The third-order valence-electron chi connectivity index (χ3n) is 1.54. The maximum Gasteiger partial charge on any atom is 0.254 e. The van der Waals surface area contributed by atoms with Gasteiger partial charge in [-0.25, -0.2) is 8.78 Å². The summed E-state index contributed by atoms with van der Waals surface area (Å²) in [7, 11) is 0. The van der Waals surface area contributed by atoms with Crippen molar-refractivity contribution in [2.45, 2.75) is 18.2 Å². The quantitative estimate of drug-likeness (QED) is 0.650. The summed E-state index contributed by atoms with van der Waals surface area (Å²) in [5.74, 6) is 0.422. The van der Waals surface area contributed by atoms with E-state index in [-0.39, 0.29) is 17.5 Å². The summed E-state index contributed by atoms with van der Waals surface area (Å²) < 4.78 is 23.7. The lowest BCUT2D eigenvalue weighted by Crippen LogP contribution is -2.29. The molecule has 11 heavy (non-hydrogen) atoms. The Kier molecular flexibility index (Phi) is 3.13. The molecule has 1 rings (SSSR count). The molecule has 1 fully saturated rings. The minimum absolute atomic E-state index is 0.00343. The van der Waals surface area contributed by atoms with Crippen molar-refractivity contribution in [2.24, 2.45) is 5.92 Å². The van der Waals surface area contributed by atoms with Gasteiger partial charge in [0.1, 0.15) is 0 Å². The summed E-state index contributed by atoms with van der Waals surface area (Å²) in [6.45, 7) is 0. The van der Waals surface area contributed by atoms with Gasteiger partial charge in [-0.2, -0.15) is 0 Å². The SMILES string of the molecule is O=C1SCC1CC(Cl)C(F)F. The highest BCUT2D eigenvalue weighted by Crippen LogP contribution is 2.33. The number of rotatable bonds is 3. The summed E-state index contributed by atoms with van der Waals surface area (Å²) in [4.78, 5) is 10.6. The van der Waals surface area contributed by atoms with Gasteiger partial charge in [0, 0.05) is 11.7 Å². The van der Waals surface area contributed by atoms with Crippen LogP contribution in [-0.2, 0) is 4.79 Å². The van der Waals surface area contributed by atoms with Gasteiger partial charge in [0.2, 0.25) is 0 Å². The molecule has 0 aromatic carbocycles. The number of carbonyl (C=O) groups is 1. The second-order valence-electron chi connectivity index (χ2n) is 2.41. The molecule has 0 aromatic rings. The molecule has 0 bridgehead atoms. The van der Waals surface area contributed by atoms with Crippen molar-refractivity contribution < 1.29 is 13.6 Å². The van der Waals surface area contributed by atoms with E-state index in [2.05, 4.69) is 0 Å². The van der Waals surface area contributed by atoms with Gasteiger partial charge in [-0.1, -0.05) is 11.8 Å². The Morgan fingerprint density at radius 1 is 1.73 bits per heavy atom. The van der Waals surface area contributed by atoms with Crippen molar-refractivity contribution >= 4 is 28.5 Å². The maximum absolute atomic E-state index is 11.8. The fraction of sp³-hybridized carbons (Fsp3) is 0.833. The first-order valence-corrected chi connectivity index (χ1v) is 4.62. The number of thioether (sulfide) groups is 1. The van der Waals surface area contributed by atoms with Crippen LogP contribution in [-0.4, -0.2) is 22.7 Å². The molecule has 1 heterocycles. The van der Waals surface area contributed by atoms with E-state index >= 15 is 0 Å². The second kappa shape index (κ2) is 3.72. The standard InChI is InChI=1S/C6H7ClF2OS/c7-4(5(8)9)1-3-2-11-6(3)10/h3-5H,1-2H2. The Labute approximate surface area is 72.5 Å². The van der Waals surface area contributed by atoms with Crippen LogP contribution in [0.5, 0.6) is 0 Å². The molecular formula is C6H7ClF2OS. The summed E-state index contributed by atoms with van der Waals surface area (Å²) in [6, 6.07) is 0. The Balaban J connectivity index is 2.25. The third-order valence-corrected chi connectivity index (χ3v) is 3.10. The molecule has 0 spiro atoms. The molecule has 0 aromatic heterocycles. The van der Waals surface area contributed by atoms with Crippen LogP contribution < -0.4 is 0 Å². The molecule has 1 aliphatic rings. The zero-order valence-corrected chi connectivity index (χ0v) is 7.17. The van der Waals surface area contributed by atoms with E-state index in [9.17, 15) is 13.6 Å². The average Bonchev–Trinajstić information content (AvgIpc) is 1.96. The molecule has 5 heteroatoms. The Morgan fingerprint density at radius 2 is 2.36 bits per heavy atom. The molecule has 0 N–H and O–H groups in total. The van der Waals surface area contributed by atoms with Crippen molar-refractivity contribution in [3.63, 3.8) is 0 Å². The normalized spacial score (nSPS) is 26.9. The molecule has 0 aliphatic carbocycles. The fourth-order valence-corrected chi connectivity index (χ4v) is 1.79. The number of halogens is 3. The van der Waals surface area contributed by atoms with E-state index in [1.54, 1.807) is 0 Å². The van der Waals surface area contributed by atoms with Crippen molar-refractivity contribution in [2.75, 3.05) is 5.75 Å². The minimum Gasteiger partial charge on any atom is -0.287 e. The summed E-state index contributed by atoms with van der Waals surface area (Å²) in [5, 5.41) is -1.17. The van der Waals surface area contributed by atoms with Gasteiger partial charge in [0.05, 0.1) is 5.38 Å². The number of hydrogen-bond donors (Lipinski definition) is 0.